The Bertz CT molecular complexity index is 1140. The molecule has 7 nitrogen and oxygen atoms in total. The van der Waals surface area contributed by atoms with Gasteiger partial charge in [-0.2, -0.15) is 5.10 Å². The zero-order valence-electron chi connectivity index (χ0n) is 16.8. The van der Waals surface area contributed by atoms with Gasteiger partial charge in [-0.25, -0.2) is 4.68 Å². The van der Waals surface area contributed by atoms with E-state index in [-0.39, 0.29) is 12.3 Å². The lowest BCUT2D eigenvalue weighted by molar-refractivity contribution is -0.120. The number of ether oxygens (including phenoxy) is 1. The maximum Gasteiger partial charge on any atom is 0.226 e. The topological polar surface area (TPSA) is 81.9 Å². The highest BCUT2D eigenvalue weighted by Gasteiger charge is 2.09. The number of aryl methyl sites for hydroxylation is 1. The van der Waals surface area contributed by atoms with Crippen LogP contribution in [0.1, 0.15) is 17.0 Å². The summed E-state index contributed by atoms with van der Waals surface area (Å²) >= 11 is 0. The van der Waals surface area contributed by atoms with E-state index in [0.29, 0.717) is 25.5 Å². The van der Waals surface area contributed by atoms with Gasteiger partial charge in [-0.05, 0) is 30.7 Å². The number of pyridine rings is 2. The summed E-state index contributed by atoms with van der Waals surface area (Å²) in [6.07, 6.45) is 5.51. The first-order chi connectivity index (χ1) is 14.7. The van der Waals surface area contributed by atoms with Crippen LogP contribution in [0.5, 0.6) is 0 Å². The zero-order valence-corrected chi connectivity index (χ0v) is 16.8. The summed E-state index contributed by atoms with van der Waals surface area (Å²) in [4.78, 5) is 20.9. The Balaban J connectivity index is 1.30. The van der Waals surface area contributed by atoms with Gasteiger partial charge < -0.3 is 10.1 Å². The summed E-state index contributed by atoms with van der Waals surface area (Å²) in [7, 11) is 0. The molecule has 0 saturated heterocycles. The second-order valence-corrected chi connectivity index (χ2v) is 7.01. The fraction of sp³-hybridized carbons (Fsp3) is 0.217. The van der Waals surface area contributed by atoms with Crippen LogP contribution in [0.2, 0.25) is 0 Å². The monoisotopic (exact) mass is 401 g/mol. The van der Waals surface area contributed by atoms with E-state index in [2.05, 4.69) is 20.4 Å². The molecule has 1 N–H and O–H groups in total. The highest BCUT2D eigenvalue weighted by molar-refractivity contribution is 5.82. The van der Waals surface area contributed by atoms with Crippen LogP contribution in [-0.2, 0) is 22.6 Å². The molecule has 0 aliphatic heterocycles. The summed E-state index contributed by atoms with van der Waals surface area (Å²) in [5, 5.41) is 8.26. The van der Waals surface area contributed by atoms with Crippen molar-refractivity contribution in [2.45, 2.75) is 20.0 Å². The first kappa shape index (κ1) is 19.7. The standard InChI is InChI=1S/C23H23N5O2/c1-17-11-21(7-8-24-17)28-22-15-26-20(12-19(22)14-27-28)13-23(29)25-9-10-30-16-18-5-3-2-4-6-18/h2-8,11-12,14-15H,9-10,13,16H2,1H3,(H,25,29). The molecule has 0 aliphatic carbocycles. The van der Waals surface area contributed by atoms with Crippen molar-refractivity contribution < 1.29 is 9.53 Å². The lowest BCUT2D eigenvalue weighted by Crippen LogP contribution is -2.28. The fourth-order valence-corrected chi connectivity index (χ4v) is 3.19. The van der Waals surface area contributed by atoms with Crippen molar-refractivity contribution in [1.82, 2.24) is 25.1 Å². The highest BCUT2D eigenvalue weighted by Crippen LogP contribution is 2.18. The summed E-state index contributed by atoms with van der Waals surface area (Å²) in [5.74, 6) is -0.0812. The van der Waals surface area contributed by atoms with Crippen LogP contribution < -0.4 is 5.32 Å². The molecule has 152 valence electrons. The minimum atomic E-state index is -0.0812. The Morgan fingerprint density at radius 2 is 1.97 bits per heavy atom. The van der Waals surface area contributed by atoms with Gasteiger partial charge in [0.15, 0.2) is 0 Å². The van der Waals surface area contributed by atoms with Gasteiger partial charge >= 0.3 is 0 Å². The van der Waals surface area contributed by atoms with Gasteiger partial charge in [0.05, 0.1) is 48.9 Å². The Labute approximate surface area is 174 Å². The largest absolute Gasteiger partial charge is 0.375 e. The molecule has 0 aliphatic rings. The van der Waals surface area contributed by atoms with Crippen molar-refractivity contribution in [2.75, 3.05) is 13.2 Å². The van der Waals surface area contributed by atoms with Gasteiger partial charge in [-0.15, -0.1) is 0 Å². The van der Waals surface area contributed by atoms with E-state index < -0.39 is 0 Å². The first-order valence-corrected chi connectivity index (χ1v) is 9.83. The molecule has 1 amide bonds. The van der Waals surface area contributed by atoms with E-state index in [1.54, 1.807) is 18.6 Å². The lowest BCUT2D eigenvalue weighted by atomic mass is 10.2. The van der Waals surface area contributed by atoms with Gasteiger partial charge in [0, 0.05) is 23.8 Å². The predicted octanol–water partition coefficient (Wildman–Crippen LogP) is 3.00. The van der Waals surface area contributed by atoms with Gasteiger partial charge in [0.1, 0.15) is 0 Å². The number of amides is 1. The Morgan fingerprint density at radius 1 is 1.10 bits per heavy atom. The summed E-state index contributed by atoms with van der Waals surface area (Å²) < 4.78 is 7.41. The normalized spacial score (nSPS) is 11.0. The van der Waals surface area contributed by atoms with Crippen molar-refractivity contribution >= 4 is 16.8 Å². The van der Waals surface area contributed by atoms with Crippen LogP contribution in [0.25, 0.3) is 16.6 Å². The Hall–Kier alpha value is -3.58. The van der Waals surface area contributed by atoms with Crippen LogP contribution in [0.15, 0.2) is 67.1 Å². The van der Waals surface area contributed by atoms with Gasteiger partial charge in [-0.3, -0.25) is 14.8 Å². The number of benzene rings is 1. The van der Waals surface area contributed by atoms with Crippen molar-refractivity contribution in [2.24, 2.45) is 0 Å². The molecule has 30 heavy (non-hydrogen) atoms. The number of carbonyl (C=O) groups excluding carboxylic acids is 1. The summed E-state index contributed by atoms with van der Waals surface area (Å²) in [6, 6.07) is 15.7. The average molecular weight is 401 g/mol. The molecule has 3 aromatic heterocycles. The number of hydrogen-bond acceptors (Lipinski definition) is 5. The number of carbonyl (C=O) groups is 1. The third-order valence-corrected chi connectivity index (χ3v) is 4.66. The lowest BCUT2D eigenvalue weighted by Gasteiger charge is -2.07. The van der Waals surface area contributed by atoms with Crippen LogP contribution in [0, 0.1) is 6.92 Å². The predicted molar refractivity (Wildman–Crippen MR) is 114 cm³/mol. The molecule has 0 atom stereocenters. The van der Waals surface area contributed by atoms with Crippen molar-refractivity contribution in [3.05, 3.63) is 84.1 Å². The van der Waals surface area contributed by atoms with Crippen molar-refractivity contribution in [3.8, 4) is 5.69 Å². The number of aromatic nitrogens is 4. The molecule has 4 rings (SSSR count). The first-order valence-electron chi connectivity index (χ1n) is 9.83. The molecule has 0 unspecified atom stereocenters. The van der Waals surface area contributed by atoms with Crippen LogP contribution in [-0.4, -0.2) is 38.8 Å². The summed E-state index contributed by atoms with van der Waals surface area (Å²) in [5.41, 5.74) is 4.56. The maximum absolute atomic E-state index is 12.2. The maximum atomic E-state index is 12.2. The molecular weight excluding hydrogens is 378 g/mol. The molecule has 0 fully saturated rings. The summed E-state index contributed by atoms with van der Waals surface area (Å²) in [6.45, 7) is 3.41. The third-order valence-electron chi connectivity index (χ3n) is 4.66. The minimum Gasteiger partial charge on any atom is -0.375 e. The number of nitrogens with zero attached hydrogens (tertiary/aromatic N) is 4. The van der Waals surface area contributed by atoms with Crippen molar-refractivity contribution in [1.29, 1.82) is 0 Å². The van der Waals surface area contributed by atoms with E-state index in [1.165, 1.54) is 0 Å². The SMILES string of the molecule is Cc1cc(-n2ncc3cc(CC(=O)NCCOCc4ccccc4)ncc32)ccn1. The second kappa shape index (κ2) is 9.28. The average Bonchev–Trinajstić information content (AvgIpc) is 3.17. The molecule has 7 heteroatoms. The molecule has 1 aromatic carbocycles. The molecular formula is C23H23N5O2. The minimum absolute atomic E-state index is 0.0812. The van der Waals surface area contributed by atoms with Crippen LogP contribution in [0.3, 0.4) is 0 Å². The number of hydrogen-bond donors (Lipinski definition) is 1. The number of rotatable bonds is 8. The highest BCUT2D eigenvalue weighted by atomic mass is 16.5. The molecule has 0 spiro atoms. The number of nitrogens with one attached hydrogen (secondary N) is 1. The van der Waals surface area contributed by atoms with Crippen LogP contribution >= 0.6 is 0 Å². The Kier molecular flexibility index (Phi) is 6.10. The smallest absolute Gasteiger partial charge is 0.226 e. The van der Waals surface area contributed by atoms with E-state index >= 15 is 0 Å². The zero-order chi connectivity index (χ0) is 20.8. The second-order valence-electron chi connectivity index (χ2n) is 7.01. The van der Waals surface area contributed by atoms with E-state index in [4.69, 9.17) is 4.74 Å². The molecule has 4 aromatic rings. The Morgan fingerprint density at radius 3 is 2.80 bits per heavy atom. The van der Waals surface area contributed by atoms with E-state index in [9.17, 15) is 4.79 Å². The molecule has 0 saturated carbocycles. The van der Waals surface area contributed by atoms with Crippen molar-refractivity contribution in [3.63, 3.8) is 0 Å². The quantitative estimate of drug-likeness (QED) is 0.459. The van der Waals surface area contributed by atoms with Gasteiger partial charge in [0.25, 0.3) is 0 Å². The molecule has 0 bridgehead atoms. The van der Waals surface area contributed by atoms with Gasteiger partial charge in [-0.1, -0.05) is 30.3 Å². The number of fused-ring (bicyclic) bond motifs is 1. The molecule has 0 radical (unpaired) electrons. The van der Waals surface area contributed by atoms with E-state index in [0.717, 1.165) is 27.8 Å². The van der Waals surface area contributed by atoms with Gasteiger partial charge in [0.2, 0.25) is 5.91 Å². The fourth-order valence-electron chi connectivity index (χ4n) is 3.19. The molecule has 3 heterocycles. The third kappa shape index (κ3) is 4.87. The van der Waals surface area contributed by atoms with Crippen LogP contribution in [0.4, 0.5) is 0 Å². The van der Waals surface area contributed by atoms with E-state index in [1.807, 2.05) is 60.1 Å².